The molecule has 0 rings (SSSR count). The van der Waals surface area contributed by atoms with Crippen LogP contribution >= 0.6 is 0 Å². The summed E-state index contributed by atoms with van der Waals surface area (Å²) >= 11 is 0. The molecule has 0 aromatic carbocycles. The molecular formula is C37H76. The summed E-state index contributed by atoms with van der Waals surface area (Å²) in [5, 5.41) is 0. The Morgan fingerprint density at radius 1 is 0.216 bits per heavy atom. The molecule has 0 aliphatic heterocycles. The first-order chi connectivity index (χ1) is 18.3. The average molecular weight is 521 g/mol. The van der Waals surface area contributed by atoms with Gasteiger partial charge in [-0.2, -0.15) is 0 Å². The Bertz CT molecular complexity index is 315. The summed E-state index contributed by atoms with van der Waals surface area (Å²) in [6, 6.07) is 0. The molecule has 0 fully saturated rings. The van der Waals surface area contributed by atoms with Gasteiger partial charge in [-0.15, -0.1) is 0 Å². The SMILES string of the molecule is CCCCCCCCCCCCC(CCCCCCCCCCCC)CCCCCCCCCCCC. The predicted octanol–water partition coefficient (Wildman–Crippen LogP) is 14.5. The molecule has 0 saturated carbocycles. The van der Waals surface area contributed by atoms with Gasteiger partial charge in [0.1, 0.15) is 0 Å². The van der Waals surface area contributed by atoms with Gasteiger partial charge in [0.15, 0.2) is 0 Å². The van der Waals surface area contributed by atoms with Crippen LogP contribution in [0.25, 0.3) is 0 Å². The first-order valence-electron chi connectivity index (χ1n) is 18.3. The summed E-state index contributed by atoms with van der Waals surface area (Å²) in [7, 11) is 0. The highest BCUT2D eigenvalue weighted by atomic mass is 14.1. The van der Waals surface area contributed by atoms with Gasteiger partial charge in [0, 0.05) is 0 Å². The van der Waals surface area contributed by atoms with Crippen LogP contribution < -0.4 is 0 Å². The van der Waals surface area contributed by atoms with E-state index in [2.05, 4.69) is 20.8 Å². The summed E-state index contributed by atoms with van der Waals surface area (Å²) < 4.78 is 0. The van der Waals surface area contributed by atoms with Gasteiger partial charge in [0.25, 0.3) is 0 Å². The Hall–Kier alpha value is 0. The van der Waals surface area contributed by atoms with E-state index in [4.69, 9.17) is 0 Å². The van der Waals surface area contributed by atoms with Crippen molar-refractivity contribution >= 4 is 0 Å². The van der Waals surface area contributed by atoms with E-state index in [9.17, 15) is 0 Å². The fourth-order valence-electron chi connectivity index (χ4n) is 6.19. The zero-order valence-corrected chi connectivity index (χ0v) is 26.9. The van der Waals surface area contributed by atoms with Gasteiger partial charge in [-0.3, -0.25) is 0 Å². The molecule has 0 nitrogen and oxygen atoms in total. The fourth-order valence-corrected chi connectivity index (χ4v) is 6.19. The molecule has 0 radical (unpaired) electrons. The van der Waals surface area contributed by atoms with Crippen LogP contribution in [0, 0.1) is 5.92 Å². The quantitative estimate of drug-likeness (QED) is 0.0754. The Labute approximate surface area is 238 Å². The summed E-state index contributed by atoms with van der Waals surface area (Å²) in [5.41, 5.74) is 0. The zero-order valence-electron chi connectivity index (χ0n) is 26.9. The Morgan fingerprint density at radius 2 is 0.378 bits per heavy atom. The molecule has 0 unspecified atom stereocenters. The molecule has 0 heterocycles. The van der Waals surface area contributed by atoms with Gasteiger partial charge in [-0.05, 0) is 5.92 Å². The van der Waals surface area contributed by atoms with E-state index in [1.165, 1.54) is 212 Å². The van der Waals surface area contributed by atoms with Crippen molar-refractivity contribution in [2.75, 3.05) is 0 Å². The monoisotopic (exact) mass is 521 g/mol. The van der Waals surface area contributed by atoms with Gasteiger partial charge in [-0.25, -0.2) is 0 Å². The van der Waals surface area contributed by atoms with Crippen LogP contribution in [0.1, 0.15) is 233 Å². The van der Waals surface area contributed by atoms with E-state index >= 15 is 0 Å². The Balaban J connectivity index is 3.87. The van der Waals surface area contributed by atoms with E-state index in [1.807, 2.05) is 0 Å². The molecule has 0 aliphatic carbocycles. The minimum absolute atomic E-state index is 1.04. The first kappa shape index (κ1) is 37.0. The minimum atomic E-state index is 1.04. The predicted molar refractivity (Wildman–Crippen MR) is 173 cm³/mol. The lowest BCUT2D eigenvalue weighted by atomic mass is 9.89. The molecule has 0 amide bonds. The zero-order chi connectivity index (χ0) is 26.9. The van der Waals surface area contributed by atoms with Crippen molar-refractivity contribution in [1.29, 1.82) is 0 Å². The number of hydrogen-bond donors (Lipinski definition) is 0. The van der Waals surface area contributed by atoms with E-state index < -0.39 is 0 Å². The normalized spacial score (nSPS) is 11.7. The average Bonchev–Trinajstić information content (AvgIpc) is 2.91. The van der Waals surface area contributed by atoms with Gasteiger partial charge in [0.2, 0.25) is 0 Å². The number of rotatable bonds is 33. The third-order valence-corrected chi connectivity index (χ3v) is 8.90. The van der Waals surface area contributed by atoms with Crippen molar-refractivity contribution in [2.24, 2.45) is 5.92 Å². The molecule has 37 heavy (non-hydrogen) atoms. The molecule has 0 N–H and O–H groups in total. The lowest BCUT2D eigenvalue weighted by Crippen LogP contribution is -2.01. The molecule has 0 bridgehead atoms. The van der Waals surface area contributed by atoms with Crippen molar-refractivity contribution in [3.63, 3.8) is 0 Å². The minimum Gasteiger partial charge on any atom is -0.0654 e. The summed E-state index contributed by atoms with van der Waals surface area (Å²) in [6.07, 6.45) is 48.8. The second-order valence-electron chi connectivity index (χ2n) is 12.8. The molecule has 224 valence electrons. The Kier molecular flexibility index (Phi) is 34.0. The standard InChI is InChI=1S/C37H76/c1-4-7-10-13-16-19-22-25-28-31-34-37(35-32-29-26-23-20-17-14-11-8-5-2)36-33-30-27-24-21-18-15-12-9-6-3/h37H,4-36H2,1-3H3. The fraction of sp³-hybridized carbons (Fsp3) is 1.00. The highest BCUT2D eigenvalue weighted by Crippen LogP contribution is 2.25. The van der Waals surface area contributed by atoms with Crippen LogP contribution in [-0.4, -0.2) is 0 Å². The summed E-state index contributed by atoms with van der Waals surface area (Å²) in [4.78, 5) is 0. The molecule has 0 heteroatoms. The van der Waals surface area contributed by atoms with Crippen molar-refractivity contribution in [3.8, 4) is 0 Å². The van der Waals surface area contributed by atoms with Crippen LogP contribution in [0.3, 0.4) is 0 Å². The van der Waals surface area contributed by atoms with Crippen LogP contribution in [0.2, 0.25) is 0 Å². The first-order valence-corrected chi connectivity index (χ1v) is 18.3. The maximum atomic E-state index is 2.32. The second-order valence-corrected chi connectivity index (χ2v) is 12.8. The third kappa shape index (κ3) is 32.1. The maximum Gasteiger partial charge on any atom is -0.0414 e. The lowest BCUT2D eigenvalue weighted by Gasteiger charge is -2.17. The van der Waals surface area contributed by atoms with Crippen molar-refractivity contribution in [2.45, 2.75) is 233 Å². The summed E-state index contributed by atoms with van der Waals surface area (Å²) in [6.45, 7) is 6.96. The van der Waals surface area contributed by atoms with Crippen LogP contribution in [0.4, 0.5) is 0 Å². The van der Waals surface area contributed by atoms with Gasteiger partial charge < -0.3 is 0 Å². The highest BCUT2D eigenvalue weighted by molar-refractivity contribution is 4.62. The van der Waals surface area contributed by atoms with Crippen molar-refractivity contribution in [1.82, 2.24) is 0 Å². The topological polar surface area (TPSA) is 0 Å². The lowest BCUT2D eigenvalue weighted by molar-refractivity contribution is 0.365. The van der Waals surface area contributed by atoms with E-state index in [1.54, 1.807) is 0 Å². The third-order valence-electron chi connectivity index (χ3n) is 8.90. The Morgan fingerprint density at radius 3 is 0.568 bits per heavy atom. The van der Waals surface area contributed by atoms with Crippen molar-refractivity contribution < 1.29 is 0 Å². The smallest absolute Gasteiger partial charge is 0.0414 e. The number of unbranched alkanes of at least 4 members (excludes halogenated alkanes) is 27. The van der Waals surface area contributed by atoms with E-state index in [-0.39, 0.29) is 0 Å². The van der Waals surface area contributed by atoms with E-state index in [0.717, 1.165) is 5.92 Å². The van der Waals surface area contributed by atoms with Gasteiger partial charge in [0.05, 0.1) is 0 Å². The van der Waals surface area contributed by atoms with E-state index in [0.29, 0.717) is 0 Å². The van der Waals surface area contributed by atoms with Crippen LogP contribution in [0.15, 0.2) is 0 Å². The molecular weight excluding hydrogens is 444 g/mol. The largest absolute Gasteiger partial charge is 0.0654 e. The molecule has 0 aliphatic rings. The molecule has 0 spiro atoms. The van der Waals surface area contributed by atoms with Crippen LogP contribution in [-0.2, 0) is 0 Å². The number of hydrogen-bond acceptors (Lipinski definition) is 0. The van der Waals surface area contributed by atoms with Gasteiger partial charge >= 0.3 is 0 Å². The second kappa shape index (κ2) is 34.0. The maximum absolute atomic E-state index is 2.32. The molecule has 0 aromatic rings. The molecule has 0 aromatic heterocycles. The van der Waals surface area contributed by atoms with Crippen molar-refractivity contribution in [3.05, 3.63) is 0 Å². The van der Waals surface area contributed by atoms with Gasteiger partial charge in [-0.1, -0.05) is 233 Å². The highest BCUT2D eigenvalue weighted by Gasteiger charge is 2.09. The summed E-state index contributed by atoms with van der Waals surface area (Å²) in [5.74, 6) is 1.04. The van der Waals surface area contributed by atoms with Crippen LogP contribution in [0.5, 0.6) is 0 Å². The molecule has 0 atom stereocenters. The molecule has 0 saturated heterocycles.